The molecule has 0 heterocycles. The molecule has 0 fully saturated rings. The third-order valence-corrected chi connectivity index (χ3v) is 2.50. The van der Waals surface area contributed by atoms with E-state index in [2.05, 4.69) is 61.5 Å². The second-order valence-electron chi connectivity index (χ2n) is 3.79. The topological polar surface area (TPSA) is 81.8 Å². The van der Waals surface area contributed by atoms with E-state index in [1.807, 2.05) is 0 Å². The van der Waals surface area contributed by atoms with Crippen molar-refractivity contribution in [2.45, 2.75) is 13.3 Å². The van der Waals surface area contributed by atoms with Crippen LogP contribution in [0.25, 0.3) is 0 Å². The fourth-order valence-corrected chi connectivity index (χ4v) is 1.62. The Morgan fingerprint density at radius 1 is 0.850 bits per heavy atom. The van der Waals surface area contributed by atoms with Crippen molar-refractivity contribution < 1.29 is 9.59 Å². The van der Waals surface area contributed by atoms with E-state index in [0.717, 1.165) is 18.6 Å². The molecule has 4 nitrogen and oxygen atoms in total. The molecule has 2 aromatic carbocycles. The van der Waals surface area contributed by atoms with Crippen molar-refractivity contribution in [2.24, 2.45) is 0 Å². The molecule has 2 N–H and O–H groups in total. The lowest BCUT2D eigenvalue weighted by molar-refractivity contribution is 0.562. The highest BCUT2D eigenvalue weighted by molar-refractivity contribution is 5.31. The first-order chi connectivity index (χ1) is 9.69. The van der Waals surface area contributed by atoms with Gasteiger partial charge in [-0.05, 0) is 30.0 Å². The Labute approximate surface area is 118 Å². The van der Waals surface area contributed by atoms with Gasteiger partial charge in [0.15, 0.2) is 0 Å². The lowest BCUT2D eigenvalue weighted by Crippen LogP contribution is -1.90. The summed E-state index contributed by atoms with van der Waals surface area (Å²) in [6.45, 7) is 2.16. The number of carbonyl (C=O) groups excluding carboxylic acids is 2. The first-order valence-electron chi connectivity index (χ1n) is 5.85. The zero-order valence-corrected chi connectivity index (χ0v) is 11.2. The Morgan fingerprint density at radius 3 is 1.80 bits per heavy atom. The van der Waals surface area contributed by atoms with Gasteiger partial charge in [0.2, 0.25) is 12.2 Å². The van der Waals surface area contributed by atoms with Gasteiger partial charge >= 0.3 is 0 Å². The molecule has 0 bridgehead atoms. The first kappa shape index (κ1) is 17.2. The third kappa shape index (κ3) is 7.51. The standard InChI is InChI=1S/C14H14.2CHNO/c1-12-7-5-6-10-14(12)11-13-8-3-2-4-9-13;2*2-1-3/h2-10H,11H2,1H3;2*2H. The zero-order chi connectivity index (χ0) is 15.2. The summed E-state index contributed by atoms with van der Waals surface area (Å²) in [4.78, 5) is 16.7. The van der Waals surface area contributed by atoms with E-state index < -0.39 is 0 Å². The Kier molecular flexibility index (Phi) is 9.72. The van der Waals surface area contributed by atoms with Gasteiger partial charge in [-0.15, -0.1) is 0 Å². The first-order valence-corrected chi connectivity index (χ1v) is 5.85. The number of nitrogens with one attached hydrogen (secondary N) is 2. The molecule has 102 valence electrons. The lowest BCUT2D eigenvalue weighted by atomic mass is 10.0. The Hall–Kier alpha value is -2.80. The monoisotopic (exact) mass is 268 g/mol. The molecule has 0 atom stereocenters. The highest BCUT2D eigenvalue weighted by Gasteiger charge is 1.97. The van der Waals surface area contributed by atoms with E-state index in [1.165, 1.54) is 16.7 Å². The Balaban J connectivity index is 0.000000520. The molecule has 0 radical (unpaired) electrons. The minimum Gasteiger partial charge on any atom is -0.222 e. The quantitative estimate of drug-likeness (QED) is 0.646. The Morgan fingerprint density at radius 2 is 1.30 bits per heavy atom. The molecule has 0 saturated heterocycles. The van der Waals surface area contributed by atoms with Crippen LogP contribution in [-0.2, 0) is 16.0 Å². The van der Waals surface area contributed by atoms with E-state index in [4.69, 9.17) is 20.4 Å². The molecule has 2 aromatic rings. The van der Waals surface area contributed by atoms with Crippen LogP contribution in [0.3, 0.4) is 0 Å². The fourth-order valence-electron chi connectivity index (χ4n) is 1.62. The molecule has 20 heavy (non-hydrogen) atoms. The second-order valence-corrected chi connectivity index (χ2v) is 3.79. The van der Waals surface area contributed by atoms with E-state index in [1.54, 1.807) is 0 Å². The number of aryl methyl sites for hydroxylation is 1. The minimum absolute atomic E-state index is 0.750. The smallest absolute Gasteiger partial charge is 0.222 e. The highest BCUT2D eigenvalue weighted by atomic mass is 16.1. The van der Waals surface area contributed by atoms with E-state index in [-0.39, 0.29) is 0 Å². The van der Waals surface area contributed by atoms with Gasteiger partial charge in [-0.2, -0.15) is 0 Å². The zero-order valence-electron chi connectivity index (χ0n) is 11.2. The molecule has 0 unspecified atom stereocenters. The normalized spacial score (nSPS) is 7.85. The summed E-state index contributed by atoms with van der Waals surface area (Å²) in [6, 6.07) is 19.1. The Bertz CT molecular complexity index is 556. The fraction of sp³-hybridized carbons (Fsp3) is 0.125. The van der Waals surface area contributed by atoms with Gasteiger partial charge in [0.05, 0.1) is 0 Å². The van der Waals surface area contributed by atoms with Crippen molar-refractivity contribution in [3.8, 4) is 0 Å². The maximum atomic E-state index is 8.35. The predicted octanol–water partition coefficient (Wildman–Crippen LogP) is 3.39. The largest absolute Gasteiger partial charge is 0.231 e. The van der Waals surface area contributed by atoms with Crippen LogP contribution in [0.15, 0.2) is 54.6 Å². The molecular weight excluding hydrogens is 252 g/mol. The van der Waals surface area contributed by atoms with Crippen LogP contribution in [0.5, 0.6) is 0 Å². The predicted molar refractivity (Wildman–Crippen MR) is 77.3 cm³/mol. The molecule has 4 heteroatoms. The molecule has 0 aliphatic carbocycles. The van der Waals surface area contributed by atoms with Crippen molar-refractivity contribution in [1.82, 2.24) is 0 Å². The van der Waals surface area contributed by atoms with E-state index >= 15 is 0 Å². The van der Waals surface area contributed by atoms with Gasteiger partial charge in [0, 0.05) is 0 Å². The molecule has 0 amide bonds. The molecule has 0 aliphatic rings. The number of benzene rings is 2. The van der Waals surface area contributed by atoms with Crippen molar-refractivity contribution in [3.05, 3.63) is 71.3 Å². The average molecular weight is 268 g/mol. The number of hydrogen-bond acceptors (Lipinski definition) is 4. The van der Waals surface area contributed by atoms with Crippen LogP contribution >= 0.6 is 0 Å². The maximum Gasteiger partial charge on any atom is 0.231 e. The van der Waals surface area contributed by atoms with Crippen molar-refractivity contribution in [2.75, 3.05) is 0 Å². The minimum atomic E-state index is 0.750. The second kappa shape index (κ2) is 11.3. The molecule has 0 spiro atoms. The van der Waals surface area contributed by atoms with Crippen molar-refractivity contribution >= 4 is 12.2 Å². The van der Waals surface area contributed by atoms with E-state index in [9.17, 15) is 0 Å². The SMILES string of the molecule is Cc1ccccc1Cc1ccccc1.N=C=O.N=C=O. The van der Waals surface area contributed by atoms with Gasteiger partial charge in [0.25, 0.3) is 0 Å². The highest BCUT2D eigenvalue weighted by Crippen LogP contribution is 2.12. The van der Waals surface area contributed by atoms with Crippen molar-refractivity contribution in [1.29, 1.82) is 10.8 Å². The number of isocyanates is 2. The average Bonchev–Trinajstić information content (AvgIpc) is 2.44. The van der Waals surface area contributed by atoms with Crippen LogP contribution in [0.1, 0.15) is 16.7 Å². The van der Waals surface area contributed by atoms with Gasteiger partial charge in [-0.1, -0.05) is 54.6 Å². The van der Waals surface area contributed by atoms with Crippen LogP contribution in [-0.4, -0.2) is 12.2 Å². The van der Waals surface area contributed by atoms with Crippen LogP contribution in [0.4, 0.5) is 0 Å². The lowest BCUT2D eigenvalue weighted by Gasteiger charge is -2.04. The van der Waals surface area contributed by atoms with Gasteiger partial charge in [-0.3, -0.25) is 0 Å². The van der Waals surface area contributed by atoms with Crippen LogP contribution < -0.4 is 0 Å². The number of rotatable bonds is 2. The molecule has 0 aliphatic heterocycles. The summed E-state index contributed by atoms with van der Waals surface area (Å²) in [5, 5.41) is 10.8. The van der Waals surface area contributed by atoms with Crippen LogP contribution in [0, 0.1) is 17.7 Å². The van der Waals surface area contributed by atoms with Gasteiger partial charge in [0.1, 0.15) is 0 Å². The van der Waals surface area contributed by atoms with Crippen molar-refractivity contribution in [3.63, 3.8) is 0 Å². The summed E-state index contributed by atoms with van der Waals surface area (Å²) in [5.41, 5.74) is 4.16. The van der Waals surface area contributed by atoms with E-state index in [0.29, 0.717) is 0 Å². The number of hydrogen-bond donors (Lipinski definition) is 2. The van der Waals surface area contributed by atoms with Gasteiger partial charge in [-0.25, -0.2) is 20.4 Å². The summed E-state index contributed by atoms with van der Waals surface area (Å²) in [5.74, 6) is 0. The van der Waals surface area contributed by atoms with Crippen LogP contribution in [0.2, 0.25) is 0 Å². The molecule has 0 saturated carbocycles. The summed E-state index contributed by atoms with van der Waals surface area (Å²) < 4.78 is 0. The summed E-state index contributed by atoms with van der Waals surface area (Å²) in [6.07, 6.45) is 2.54. The molecule has 0 aromatic heterocycles. The molecular formula is C16H16N2O2. The molecule has 2 rings (SSSR count). The summed E-state index contributed by atoms with van der Waals surface area (Å²) in [7, 11) is 0. The maximum absolute atomic E-state index is 8.35. The summed E-state index contributed by atoms with van der Waals surface area (Å²) >= 11 is 0. The van der Waals surface area contributed by atoms with Gasteiger partial charge < -0.3 is 0 Å². The third-order valence-electron chi connectivity index (χ3n) is 2.50.